The first-order valence-electron chi connectivity index (χ1n) is 9.43. The van der Waals surface area contributed by atoms with E-state index in [0.717, 1.165) is 23.5 Å². The second-order valence-corrected chi connectivity index (χ2v) is 7.83. The first-order chi connectivity index (χ1) is 13.6. The smallest absolute Gasteiger partial charge is 0.230 e. The molecule has 2 aromatic heterocycles. The van der Waals surface area contributed by atoms with Crippen molar-refractivity contribution in [2.24, 2.45) is 5.92 Å². The minimum atomic E-state index is 0.0000389. The molecule has 2 heterocycles. The Labute approximate surface area is 169 Å². The Bertz CT molecular complexity index is 906. The predicted octanol–water partition coefficient (Wildman–Crippen LogP) is 3.76. The van der Waals surface area contributed by atoms with E-state index in [1.54, 1.807) is 12.4 Å². The van der Waals surface area contributed by atoms with Crippen LogP contribution < -0.4 is 5.32 Å². The molecule has 0 aliphatic heterocycles. The Hall–Kier alpha value is -2.67. The molecule has 0 unspecified atom stereocenters. The van der Waals surface area contributed by atoms with Crippen molar-refractivity contribution in [3.8, 4) is 17.1 Å². The molecular weight excluding hydrogens is 370 g/mol. The van der Waals surface area contributed by atoms with Gasteiger partial charge in [0.1, 0.15) is 0 Å². The number of thioether (sulfide) groups is 1. The number of aromatic nitrogens is 4. The molecule has 0 saturated carbocycles. The Morgan fingerprint density at radius 2 is 1.82 bits per heavy atom. The Kier molecular flexibility index (Phi) is 6.81. The highest BCUT2D eigenvalue weighted by Gasteiger charge is 2.17. The van der Waals surface area contributed by atoms with E-state index < -0.39 is 0 Å². The highest BCUT2D eigenvalue weighted by molar-refractivity contribution is 7.99. The fraction of sp³-hybridized carbons (Fsp3) is 0.333. The van der Waals surface area contributed by atoms with Crippen LogP contribution in [-0.2, 0) is 11.2 Å². The van der Waals surface area contributed by atoms with Crippen LogP contribution in [-0.4, -0.2) is 38.0 Å². The van der Waals surface area contributed by atoms with Crippen LogP contribution in [0.1, 0.15) is 26.3 Å². The van der Waals surface area contributed by atoms with Crippen LogP contribution >= 0.6 is 11.8 Å². The van der Waals surface area contributed by atoms with Gasteiger partial charge in [0.15, 0.2) is 11.0 Å². The zero-order valence-electron chi connectivity index (χ0n) is 16.4. The molecule has 0 saturated heterocycles. The van der Waals surface area contributed by atoms with Gasteiger partial charge in [-0.2, -0.15) is 0 Å². The summed E-state index contributed by atoms with van der Waals surface area (Å²) >= 11 is 1.39. The molecule has 1 aromatic carbocycles. The maximum Gasteiger partial charge on any atom is 0.230 e. The van der Waals surface area contributed by atoms with Crippen molar-refractivity contribution in [2.45, 2.75) is 32.3 Å². The van der Waals surface area contributed by atoms with Crippen LogP contribution in [0.5, 0.6) is 0 Å². The second kappa shape index (κ2) is 9.50. The number of carbonyl (C=O) groups is 1. The Morgan fingerprint density at radius 1 is 1.11 bits per heavy atom. The lowest BCUT2D eigenvalue weighted by Gasteiger charge is -2.11. The van der Waals surface area contributed by atoms with E-state index >= 15 is 0 Å². The Balaban J connectivity index is 1.89. The van der Waals surface area contributed by atoms with Crippen molar-refractivity contribution >= 4 is 17.7 Å². The molecule has 28 heavy (non-hydrogen) atoms. The number of rotatable bonds is 8. The molecule has 0 fully saturated rings. The molecule has 0 radical (unpaired) electrons. The van der Waals surface area contributed by atoms with Crippen LogP contribution in [0.4, 0.5) is 0 Å². The molecule has 1 N–H and O–H groups in total. The van der Waals surface area contributed by atoms with Gasteiger partial charge >= 0.3 is 0 Å². The molecule has 0 aliphatic rings. The first-order valence-corrected chi connectivity index (χ1v) is 10.4. The van der Waals surface area contributed by atoms with Gasteiger partial charge < -0.3 is 5.32 Å². The quantitative estimate of drug-likeness (QED) is 0.588. The molecular formula is C21H25N5OS. The Morgan fingerprint density at radius 3 is 2.46 bits per heavy atom. The largest absolute Gasteiger partial charge is 0.355 e. The van der Waals surface area contributed by atoms with Gasteiger partial charge in [0.05, 0.1) is 5.75 Å². The zero-order valence-corrected chi connectivity index (χ0v) is 17.2. The summed E-state index contributed by atoms with van der Waals surface area (Å²) in [5.74, 6) is 1.46. The average molecular weight is 396 g/mol. The van der Waals surface area contributed by atoms with Crippen LogP contribution in [0.3, 0.4) is 0 Å². The number of benzene rings is 1. The molecule has 1 amide bonds. The number of aryl methyl sites for hydroxylation is 1. The summed E-state index contributed by atoms with van der Waals surface area (Å²) in [6.45, 7) is 6.95. The standard InChI is InChI=1S/C21H25N5OS/c1-4-16-5-7-18(8-6-16)26-20(17-9-11-22-12-10-17)24-25-21(26)28-14-19(27)23-13-15(2)3/h5-12,15H,4,13-14H2,1-3H3,(H,23,27). The van der Waals surface area contributed by atoms with Crippen molar-refractivity contribution in [2.75, 3.05) is 12.3 Å². The van der Waals surface area contributed by atoms with Crippen molar-refractivity contribution in [3.63, 3.8) is 0 Å². The van der Waals surface area contributed by atoms with Gasteiger partial charge in [-0.25, -0.2) is 0 Å². The minimum Gasteiger partial charge on any atom is -0.355 e. The van der Waals surface area contributed by atoms with E-state index in [1.165, 1.54) is 17.3 Å². The van der Waals surface area contributed by atoms with Crippen molar-refractivity contribution in [1.29, 1.82) is 0 Å². The molecule has 0 aliphatic carbocycles. The van der Waals surface area contributed by atoms with E-state index in [-0.39, 0.29) is 5.91 Å². The van der Waals surface area contributed by atoms with Crippen LogP contribution in [0.25, 0.3) is 17.1 Å². The van der Waals surface area contributed by atoms with E-state index in [2.05, 4.69) is 65.5 Å². The SMILES string of the molecule is CCc1ccc(-n2c(SCC(=O)NCC(C)C)nnc2-c2ccncc2)cc1. The maximum atomic E-state index is 12.1. The van der Waals surface area contributed by atoms with Gasteiger partial charge in [-0.1, -0.05) is 44.7 Å². The number of carbonyl (C=O) groups excluding carboxylic acids is 1. The molecule has 0 atom stereocenters. The highest BCUT2D eigenvalue weighted by Crippen LogP contribution is 2.27. The van der Waals surface area contributed by atoms with E-state index in [1.807, 2.05) is 16.7 Å². The number of amides is 1. The van der Waals surface area contributed by atoms with Crippen molar-refractivity contribution in [3.05, 3.63) is 54.4 Å². The lowest BCUT2D eigenvalue weighted by molar-refractivity contribution is -0.118. The molecule has 0 spiro atoms. The summed E-state index contributed by atoms with van der Waals surface area (Å²) in [6, 6.07) is 12.2. The monoisotopic (exact) mass is 395 g/mol. The summed E-state index contributed by atoms with van der Waals surface area (Å²) in [6.07, 6.45) is 4.46. The van der Waals surface area contributed by atoms with Gasteiger partial charge in [0, 0.05) is 30.2 Å². The van der Waals surface area contributed by atoms with Gasteiger partial charge in [0.25, 0.3) is 0 Å². The molecule has 146 valence electrons. The van der Waals surface area contributed by atoms with Crippen LogP contribution in [0.2, 0.25) is 0 Å². The molecule has 3 rings (SSSR count). The molecule has 0 bridgehead atoms. The van der Waals surface area contributed by atoms with E-state index in [0.29, 0.717) is 23.4 Å². The van der Waals surface area contributed by atoms with Gasteiger partial charge in [-0.3, -0.25) is 14.3 Å². The number of hydrogen-bond donors (Lipinski definition) is 1. The third-order valence-corrected chi connectivity index (χ3v) is 5.14. The minimum absolute atomic E-state index is 0.0000389. The van der Waals surface area contributed by atoms with E-state index in [4.69, 9.17) is 0 Å². The number of hydrogen-bond acceptors (Lipinski definition) is 5. The van der Waals surface area contributed by atoms with Gasteiger partial charge in [0.2, 0.25) is 5.91 Å². The average Bonchev–Trinajstić information content (AvgIpc) is 3.15. The number of nitrogens with one attached hydrogen (secondary N) is 1. The first kappa shape index (κ1) is 20.1. The third-order valence-electron chi connectivity index (χ3n) is 4.21. The fourth-order valence-electron chi connectivity index (χ4n) is 2.66. The zero-order chi connectivity index (χ0) is 19.9. The summed E-state index contributed by atoms with van der Waals surface area (Å²) in [5.41, 5.74) is 3.17. The molecule has 7 heteroatoms. The highest BCUT2D eigenvalue weighted by atomic mass is 32.2. The second-order valence-electron chi connectivity index (χ2n) is 6.88. The third kappa shape index (κ3) is 4.98. The predicted molar refractivity (Wildman–Crippen MR) is 113 cm³/mol. The molecule has 3 aromatic rings. The van der Waals surface area contributed by atoms with Gasteiger partial charge in [-0.05, 0) is 42.2 Å². The summed E-state index contributed by atoms with van der Waals surface area (Å²) in [5, 5.41) is 12.4. The number of nitrogens with zero attached hydrogens (tertiary/aromatic N) is 4. The summed E-state index contributed by atoms with van der Waals surface area (Å²) in [7, 11) is 0. The normalized spacial score (nSPS) is 11.0. The lowest BCUT2D eigenvalue weighted by atomic mass is 10.1. The van der Waals surface area contributed by atoms with Crippen LogP contribution in [0, 0.1) is 5.92 Å². The summed E-state index contributed by atoms with van der Waals surface area (Å²) < 4.78 is 2.00. The van der Waals surface area contributed by atoms with Crippen molar-refractivity contribution in [1.82, 2.24) is 25.1 Å². The topological polar surface area (TPSA) is 72.7 Å². The number of pyridine rings is 1. The van der Waals surface area contributed by atoms with Gasteiger partial charge in [-0.15, -0.1) is 10.2 Å². The van der Waals surface area contributed by atoms with Crippen molar-refractivity contribution < 1.29 is 4.79 Å². The summed E-state index contributed by atoms with van der Waals surface area (Å²) in [4.78, 5) is 16.2. The maximum absolute atomic E-state index is 12.1. The van der Waals surface area contributed by atoms with E-state index in [9.17, 15) is 4.79 Å². The molecule has 6 nitrogen and oxygen atoms in total. The lowest BCUT2D eigenvalue weighted by Crippen LogP contribution is -2.28. The van der Waals surface area contributed by atoms with Crippen LogP contribution in [0.15, 0.2) is 53.9 Å². The fourth-order valence-corrected chi connectivity index (χ4v) is 3.45.